The standard InChI is InChI=1S/C21H29BrN4O2S.ClH/c1-3-9-24(2)10-5-4-6-16-7-11-25(12-8-16)19(27)15-26-18-13-17(22)14-23-20(18)29-21(26)28;/h3,13-14,16H,1,4-12,15H2,2H3;1H. The molecule has 0 atom stereocenters. The van der Waals surface area contributed by atoms with E-state index < -0.39 is 0 Å². The van der Waals surface area contributed by atoms with Crippen molar-refractivity contribution in [1.29, 1.82) is 0 Å². The second kappa shape index (κ2) is 12.0. The molecule has 0 unspecified atom stereocenters. The summed E-state index contributed by atoms with van der Waals surface area (Å²) in [5, 5.41) is 0. The number of likely N-dealkylation sites (N-methyl/N-ethyl adjacent to an activating group) is 1. The third kappa shape index (κ3) is 6.64. The first-order valence-electron chi connectivity index (χ1n) is 10.2. The number of unbranched alkanes of at least 4 members (excludes halogenated alkanes) is 1. The molecule has 1 aliphatic heterocycles. The molecule has 0 bridgehead atoms. The lowest BCUT2D eigenvalue weighted by Crippen LogP contribution is -2.41. The number of rotatable bonds is 9. The molecule has 0 saturated carbocycles. The van der Waals surface area contributed by atoms with Crippen LogP contribution in [0.3, 0.4) is 0 Å². The molecule has 0 aromatic carbocycles. The zero-order chi connectivity index (χ0) is 20.8. The van der Waals surface area contributed by atoms with E-state index in [0.29, 0.717) is 10.7 Å². The van der Waals surface area contributed by atoms with Crippen LogP contribution in [0, 0.1) is 5.92 Å². The van der Waals surface area contributed by atoms with Gasteiger partial charge in [-0.25, -0.2) is 4.98 Å². The number of halogens is 2. The lowest BCUT2D eigenvalue weighted by Gasteiger charge is -2.32. The van der Waals surface area contributed by atoms with E-state index in [2.05, 4.69) is 39.4 Å². The topological polar surface area (TPSA) is 58.4 Å². The van der Waals surface area contributed by atoms with E-state index in [1.165, 1.54) is 19.3 Å². The van der Waals surface area contributed by atoms with Gasteiger partial charge in [-0.1, -0.05) is 30.3 Å². The van der Waals surface area contributed by atoms with Crippen LogP contribution in [0.1, 0.15) is 32.1 Å². The molecule has 0 aliphatic carbocycles. The minimum Gasteiger partial charge on any atom is -0.341 e. The van der Waals surface area contributed by atoms with Gasteiger partial charge in [-0.2, -0.15) is 0 Å². The van der Waals surface area contributed by atoms with Crippen LogP contribution >= 0.6 is 39.7 Å². The summed E-state index contributed by atoms with van der Waals surface area (Å²) < 4.78 is 2.35. The average Bonchev–Trinajstić information content (AvgIpc) is 3.00. The van der Waals surface area contributed by atoms with Crippen LogP contribution in [0.15, 0.2) is 34.2 Å². The van der Waals surface area contributed by atoms with Crippen LogP contribution in [0.4, 0.5) is 0 Å². The van der Waals surface area contributed by atoms with E-state index in [0.717, 1.165) is 60.3 Å². The van der Waals surface area contributed by atoms with E-state index in [9.17, 15) is 9.59 Å². The Morgan fingerprint density at radius 3 is 2.83 bits per heavy atom. The highest BCUT2D eigenvalue weighted by Gasteiger charge is 2.23. The van der Waals surface area contributed by atoms with Gasteiger partial charge in [0.25, 0.3) is 0 Å². The van der Waals surface area contributed by atoms with Crippen molar-refractivity contribution >= 4 is 55.9 Å². The summed E-state index contributed by atoms with van der Waals surface area (Å²) in [5.41, 5.74) is 0.721. The maximum Gasteiger partial charge on any atom is 0.310 e. The number of carbonyl (C=O) groups excluding carboxylic acids is 1. The number of carbonyl (C=O) groups is 1. The summed E-state index contributed by atoms with van der Waals surface area (Å²) in [4.78, 5) is 34.1. The largest absolute Gasteiger partial charge is 0.341 e. The van der Waals surface area contributed by atoms with E-state index in [-0.39, 0.29) is 29.7 Å². The van der Waals surface area contributed by atoms with Gasteiger partial charge in [0.15, 0.2) is 0 Å². The minimum absolute atomic E-state index is 0. The van der Waals surface area contributed by atoms with Gasteiger partial charge in [-0.05, 0) is 60.8 Å². The molecule has 1 saturated heterocycles. The van der Waals surface area contributed by atoms with Crippen LogP contribution in [-0.2, 0) is 11.3 Å². The Balaban J connectivity index is 0.00000320. The number of thiazole rings is 1. The minimum atomic E-state index is -0.129. The summed E-state index contributed by atoms with van der Waals surface area (Å²) in [6, 6.07) is 1.85. The van der Waals surface area contributed by atoms with Crippen molar-refractivity contribution < 1.29 is 4.79 Å². The number of piperidine rings is 1. The van der Waals surface area contributed by atoms with Crippen molar-refractivity contribution in [1.82, 2.24) is 19.4 Å². The molecule has 30 heavy (non-hydrogen) atoms. The normalized spacial score (nSPS) is 14.8. The third-order valence-electron chi connectivity index (χ3n) is 5.60. The Labute approximate surface area is 196 Å². The third-order valence-corrected chi connectivity index (χ3v) is 6.93. The first-order valence-corrected chi connectivity index (χ1v) is 11.8. The van der Waals surface area contributed by atoms with Crippen molar-refractivity contribution in [3.05, 3.63) is 39.1 Å². The lowest BCUT2D eigenvalue weighted by atomic mass is 9.91. The van der Waals surface area contributed by atoms with Gasteiger partial charge in [0.2, 0.25) is 5.91 Å². The molecule has 1 fully saturated rings. The zero-order valence-electron chi connectivity index (χ0n) is 17.4. The number of hydrogen-bond donors (Lipinski definition) is 0. The number of pyridine rings is 1. The first kappa shape index (κ1) is 25.0. The van der Waals surface area contributed by atoms with Crippen LogP contribution in [0.25, 0.3) is 10.3 Å². The monoisotopic (exact) mass is 516 g/mol. The maximum absolute atomic E-state index is 12.8. The number of amides is 1. The molecular formula is C21H30BrClN4O2S. The molecule has 166 valence electrons. The molecule has 1 aliphatic rings. The van der Waals surface area contributed by atoms with Gasteiger partial charge >= 0.3 is 4.87 Å². The van der Waals surface area contributed by atoms with Gasteiger partial charge < -0.3 is 9.80 Å². The molecular weight excluding hydrogens is 488 g/mol. The van der Waals surface area contributed by atoms with Crippen molar-refractivity contribution in [2.24, 2.45) is 5.92 Å². The first-order chi connectivity index (χ1) is 14.0. The molecule has 0 radical (unpaired) electrons. The Bertz CT molecular complexity index is 908. The second-order valence-corrected chi connectivity index (χ2v) is 9.66. The highest BCUT2D eigenvalue weighted by Crippen LogP contribution is 2.24. The molecule has 2 aromatic rings. The summed E-state index contributed by atoms with van der Waals surface area (Å²) in [7, 11) is 2.13. The fraction of sp³-hybridized carbons (Fsp3) is 0.571. The SMILES string of the molecule is C=CCN(C)CCCCC1CCN(C(=O)Cn2c(=O)sc3ncc(Br)cc32)CC1.Cl. The maximum atomic E-state index is 12.8. The molecule has 0 N–H and O–H groups in total. The van der Waals surface area contributed by atoms with E-state index in [4.69, 9.17) is 0 Å². The van der Waals surface area contributed by atoms with Crippen LogP contribution in [0.2, 0.25) is 0 Å². The van der Waals surface area contributed by atoms with E-state index in [1.807, 2.05) is 17.0 Å². The average molecular weight is 518 g/mol. The predicted molar refractivity (Wildman–Crippen MR) is 130 cm³/mol. The molecule has 0 spiro atoms. The summed E-state index contributed by atoms with van der Waals surface area (Å²) in [5.74, 6) is 0.727. The fourth-order valence-electron chi connectivity index (χ4n) is 3.91. The van der Waals surface area contributed by atoms with Crippen molar-refractivity contribution in [2.75, 3.05) is 33.2 Å². The zero-order valence-corrected chi connectivity index (χ0v) is 20.6. The number of fused-ring (bicyclic) bond motifs is 1. The van der Waals surface area contributed by atoms with E-state index in [1.54, 1.807) is 10.8 Å². The summed E-state index contributed by atoms with van der Waals surface area (Å²) in [6.45, 7) is 7.50. The predicted octanol–water partition coefficient (Wildman–Crippen LogP) is 4.17. The Morgan fingerprint density at radius 2 is 2.13 bits per heavy atom. The van der Waals surface area contributed by atoms with Crippen molar-refractivity contribution in [2.45, 2.75) is 38.6 Å². The van der Waals surface area contributed by atoms with Crippen LogP contribution < -0.4 is 4.87 Å². The van der Waals surface area contributed by atoms with Crippen molar-refractivity contribution in [3.8, 4) is 0 Å². The lowest BCUT2D eigenvalue weighted by molar-refractivity contribution is -0.133. The molecule has 1 amide bonds. The van der Waals surface area contributed by atoms with E-state index >= 15 is 0 Å². The van der Waals surface area contributed by atoms with Crippen molar-refractivity contribution in [3.63, 3.8) is 0 Å². The Morgan fingerprint density at radius 1 is 1.40 bits per heavy atom. The fourth-order valence-corrected chi connectivity index (χ4v) is 5.04. The van der Waals surface area contributed by atoms with Gasteiger partial charge in [0.05, 0.1) is 5.52 Å². The van der Waals surface area contributed by atoms with Gasteiger partial charge in [0.1, 0.15) is 11.4 Å². The highest BCUT2D eigenvalue weighted by molar-refractivity contribution is 9.10. The summed E-state index contributed by atoms with van der Waals surface area (Å²) >= 11 is 4.48. The van der Waals surface area contributed by atoms with Crippen LogP contribution in [0.5, 0.6) is 0 Å². The molecule has 9 heteroatoms. The van der Waals surface area contributed by atoms with Gasteiger partial charge in [-0.15, -0.1) is 19.0 Å². The summed E-state index contributed by atoms with van der Waals surface area (Å²) in [6.07, 6.45) is 9.40. The molecule has 3 rings (SSSR count). The quantitative estimate of drug-likeness (QED) is 0.370. The molecule has 6 nitrogen and oxygen atoms in total. The molecule has 2 aromatic heterocycles. The number of hydrogen-bond acceptors (Lipinski definition) is 5. The van der Waals surface area contributed by atoms with Gasteiger partial charge in [0, 0.05) is 30.3 Å². The smallest absolute Gasteiger partial charge is 0.310 e. The Kier molecular flexibility index (Phi) is 10.0. The molecule has 3 heterocycles. The second-order valence-electron chi connectivity index (χ2n) is 7.80. The number of nitrogens with zero attached hydrogens (tertiary/aromatic N) is 4. The number of likely N-dealkylation sites (tertiary alicyclic amines) is 1. The Hall–Kier alpha value is -1.22. The number of aromatic nitrogens is 2. The highest BCUT2D eigenvalue weighted by atomic mass is 79.9. The van der Waals surface area contributed by atoms with Crippen LogP contribution in [-0.4, -0.2) is 58.5 Å². The van der Waals surface area contributed by atoms with Gasteiger partial charge in [-0.3, -0.25) is 14.2 Å².